The zero-order valence-corrected chi connectivity index (χ0v) is 9.36. The van der Waals surface area contributed by atoms with E-state index in [4.69, 9.17) is 5.73 Å². The van der Waals surface area contributed by atoms with Gasteiger partial charge in [-0.2, -0.15) is 0 Å². The van der Waals surface area contributed by atoms with Crippen LogP contribution in [0.4, 0.5) is 0 Å². The van der Waals surface area contributed by atoms with Gasteiger partial charge in [-0.3, -0.25) is 19.7 Å². The average Bonchev–Trinajstić information content (AvgIpc) is 2.95. The molecule has 3 atom stereocenters. The molecule has 2 fully saturated rings. The largest absolute Gasteiger partial charge is 0.343 e. The highest BCUT2D eigenvalue weighted by atomic mass is 16.2. The Hall–Kier alpha value is -1.69. The topological polar surface area (TPSA) is 101 Å². The lowest BCUT2D eigenvalue weighted by Gasteiger charge is -2.23. The predicted octanol–water partition coefficient (Wildman–Crippen LogP) is -1.19. The Morgan fingerprint density at radius 3 is 2.82 bits per heavy atom. The van der Waals surface area contributed by atoms with Crippen molar-refractivity contribution in [3.05, 3.63) is 12.7 Å². The maximum Gasteiger partial charge on any atom is 0.249 e. The van der Waals surface area contributed by atoms with Gasteiger partial charge in [0.25, 0.3) is 0 Å². The van der Waals surface area contributed by atoms with E-state index in [1.54, 1.807) is 6.08 Å². The van der Waals surface area contributed by atoms with Crippen molar-refractivity contribution >= 4 is 17.7 Å². The van der Waals surface area contributed by atoms with Crippen LogP contribution in [0.2, 0.25) is 0 Å². The summed E-state index contributed by atoms with van der Waals surface area (Å²) in [7, 11) is 0. The minimum atomic E-state index is -0.927. The molecule has 6 nitrogen and oxygen atoms in total. The van der Waals surface area contributed by atoms with Gasteiger partial charge in [0.1, 0.15) is 11.6 Å². The van der Waals surface area contributed by atoms with Crippen LogP contribution < -0.4 is 16.4 Å². The van der Waals surface area contributed by atoms with E-state index >= 15 is 0 Å². The average molecular weight is 237 g/mol. The summed E-state index contributed by atoms with van der Waals surface area (Å²) in [5.41, 5.74) is 4.93. The Morgan fingerprint density at radius 2 is 2.29 bits per heavy atom. The summed E-state index contributed by atoms with van der Waals surface area (Å²) in [5.74, 6) is -1.15. The van der Waals surface area contributed by atoms with E-state index in [1.807, 2.05) is 0 Å². The van der Waals surface area contributed by atoms with E-state index < -0.39 is 17.5 Å². The summed E-state index contributed by atoms with van der Waals surface area (Å²) in [6.45, 7) is 3.59. The Labute approximate surface area is 98.6 Å². The van der Waals surface area contributed by atoms with Gasteiger partial charge in [-0.15, -0.1) is 6.58 Å². The molecule has 1 saturated heterocycles. The third-order valence-electron chi connectivity index (χ3n) is 3.31. The zero-order valence-electron chi connectivity index (χ0n) is 9.36. The lowest BCUT2D eigenvalue weighted by atomic mass is 10.1. The molecule has 2 rings (SSSR count). The normalized spacial score (nSPS) is 36.1. The summed E-state index contributed by atoms with van der Waals surface area (Å²) < 4.78 is 0. The van der Waals surface area contributed by atoms with Gasteiger partial charge in [0, 0.05) is 12.3 Å². The second kappa shape index (κ2) is 3.96. The molecule has 0 radical (unpaired) electrons. The van der Waals surface area contributed by atoms with Crippen LogP contribution in [0.25, 0.3) is 0 Å². The number of imide groups is 1. The number of hydrogen-bond acceptors (Lipinski definition) is 4. The van der Waals surface area contributed by atoms with E-state index in [9.17, 15) is 14.4 Å². The lowest BCUT2D eigenvalue weighted by Crippen LogP contribution is -2.56. The summed E-state index contributed by atoms with van der Waals surface area (Å²) in [6.07, 6.45) is 2.75. The first-order valence-corrected chi connectivity index (χ1v) is 5.53. The molecular weight excluding hydrogens is 222 g/mol. The molecular formula is C11H15N3O3. The van der Waals surface area contributed by atoms with Gasteiger partial charge in [0.2, 0.25) is 17.7 Å². The molecule has 1 heterocycles. The number of hydrogen-bond donors (Lipinski definition) is 3. The molecule has 1 unspecified atom stereocenters. The second-order valence-corrected chi connectivity index (χ2v) is 4.56. The highest BCUT2D eigenvalue weighted by molar-refractivity contribution is 6.02. The smallest absolute Gasteiger partial charge is 0.249 e. The molecule has 17 heavy (non-hydrogen) atoms. The SMILES string of the molecule is C=C[C@@H]1C[C@]1(N)C(=O)NC1CCC(=O)NC1=O. The molecule has 0 aromatic carbocycles. The number of piperidine rings is 1. The third kappa shape index (κ3) is 2.08. The van der Waals surface area contributed by atoms with Gasteiger partial charge in [0.15, 0.2) is 0 Å². The maximum atomic E-state index is 11.8. The van der Waals surface area contributed by atoms with Crippen LogP contribution in [0.5, 0.6) is 0 Å². The second-order valence-electron chi connectivity index (χ2n) is 4.56. The Balaban J connectivity index is 1.94. The van der Waals surface area contributed by atoms with Crippen molar-refractivity contribution in [2.45, 2.75) is 30.8 Å². The molecule has 6 heteroatoms. The summed E-state index contributed by atoms with van der Waals surface area (Å²) >= 11 is 0. The molecule has 1 saturated carbocycles. The summed E-state index contributed by atoms with van der Waals surface area (Å²) in [5, 5.41) is 4.76. The standard InChI is InChI=1S/C11H15N3O3/c1-2-6-5-11(6,12)10(17)13-7-3-4-8(15)14-9(7)16/h2,6-7H,1,3-5,12H2,(H,13,17)(H,14,15,16)/t6-,7?,11-/m1/s1. The van der Waals surface area contributed by atoms with E-state index in [0.29, 0.717) is 12.8 Å². The van der Waals surface area contributed by atoms with Crippen molar-refractivity contribution in [2.24, 2.45) is 11.7 Å². The molecule has 0 aromatic heterocycles. The number of carbonyl (C=O) groups is 3. The maximum absolute atomic E-state index is 11.8. The van der Waals surface area contributed by atoms with Crippen LogP contribution >= 0.6 is 0 Å². The monoisotopic (exact) mass is 237 g/mol. The van der Waals surface area contributed by atoms with E-state index in [2.05, 4.69) is 17.2 Å². The predicted molar refractivity (Wildman–Crippen MR) is 59.5 cm³/mol. The van der Waals surface area contributed by atoms with Gasteiger partial charge in [-0.05, 0) is 12.8 Å². The number of nitrogens with one attached hydrogen (secondary N) is 2. The van der Waals surface area contributed by atoms with Crippen LogP contribution in [-0.2, 0) is 14.4 Å². The van der Waals surface area contributed by atoms with Gasteiger partial charge < -0.3 is 11.1 Å². The fourth-order valence-corrected chi connectivity index (χ4v) is 1.98. The molecule has 0 spiro atoms. The van der Waals surface area contributed by atoms with Crippen molar-refractivity contribution in [1.29, 1.82) is 0 Å². The quantitative estimate of drug-likeness (QED) is 0.424. The zero-order chi connectivity index (χ0) is 12.6. The Kier molecular flexibility index (Phi) is 2.74. The van der Waals surface area contributed by atoms with Crippen molar-refractivity contribution in [3.63, 3.8) is 0 Å². The highest BCUT2D eigenvalue weighted by Crippen LogP contribution is 2.42. The van der Waals surface area contributed by atoms with Crippen molar-refractivity contribution in [2.75, 3.05) is 0 Å². The molecule has 0 aromatic rings. The number of rotatable bonds is 3. The van der Waals surface area contributed by atoms with E-state index in [0.717, 1.165) is 0 Å². The molecule has 92 valence electrons. The summed E-state index contributed by atoms with van der Waals surface area (Å²) in [4.78, 5) is 34.2. The van der Waals surface area contributed by atoms with E-state index in [-0.39, 0.29) is 24.2 Å². The Morgan fingerprint density at radius 1 is 1.59 bits per heavy atom. The molecule has 0 bridgehead atoms. The van der Waals surface area contributed by atoms with Crippen LogP contribution in [0.1, 0.15) is 19.3 Å². The van der Waals surface area contributed by atoms with Crippen LogP contribution in [-0.4, -0.2) is 29.3 Å². The van der Waals surface area contributed by atoms with Crippen molar-refractivity contribution in [3.8, 4) is 0 Å². The molecule has 4 N–H and O–H groups in total. The lowest BCUT2D eigenvalue weighted by molar-refractivity contribution is -0.137. The Bertz CT molecular complexity index is 407. The molecule has 2 aliphatic rings. The van der Waals surface area contributed by atoms with Crippen molar-refractivity contribution < 1.29 is 14.4 Å². The fraction of sp³-hybridized carbons (Fsp3) is 0.545. The van der Waals surface area contributed by atoms with Crippen molar-refractivity contribution in [1.82, 2.24) is 10.6 Å². The first kappa shape index (κ1) is 11.8. The minimum absolute atomic E-state index is 0.0317. The fourth-order valence-electron chi connectivity index (χ4n) is 1.98. The van der Waals surface area contributed by atoms with Gasteiger partial charge in [-0.1, -0.05) is 6.08 Å². The summed E-state index contributed by atoms with van der Waals surface area (Å²) in [6, 6.07) is -0.660. The van der Waals surface area contributed by atoms with E-state index in [1.165, 1.54) is 0 Å². The van der Waals surface area contributed by atoms with Gasteiger partial charge >= 0.3 is 0 Å². The molecule has 1 aliphatic heterocycles. The first-order valence-electron chi connectivity index (χ1n) is 5.53. The van der Waals surface area contributed by atoms with Gasteiger partial charge in [-0.25, -0.2) is 0 Å². The first-order chi connectivity index (χ1) is 7.97. The molecule has 1 aliphatic carbocycles. The van der Waals surface area contributed by atoms with Crippen LogP contribution in [0, 0.1) is 5.92 Å². The molecule has 3 amide bonds. The van der Waals surface area contributed by atoms with Crippen LogP contribution in [0.15, 0.2) is 12.7 Å². The van der Waals surface area contributed by atoms with Crippen LogP contribution in [0.3, 0.4) is 0 Å². The highest BCUT2D eigenvalue weighted by Gasteiger charge is 2.55. The number of amides is 3. The third-order valence-corrected chi connectivity index (χ3v) is 3.31. The van der Waals surface area contributed by atoms with Gasteiger partial charge in [0.05, 0.1) is 0 Å². The minimum Gasteiger partial charge on any atom is -0.343 e. The number of nitrogens with two attached hydrogens (primary N) is 1. The number of carbonyl (C=O) groups excluding carboxylic acids is 3.